The fourth-order valence-corrected chi connectivity index (χ4v) is 11.8. The van der Waals surface area contributed by atoms with E-state index in [2.05, 4.69) is 31.9 Å². The molecule has 34 heteroatoms. The number of carboxylic acids is 1. The Kier molecular flexibility index (Phi) is 44.5. The lowest BCUT2D eigenvalue weighted by molar-refractivity contribution is -0.153. The van der Waals surface area contributed by atoms with E-state index < -0.39 is 194 Å². The van der Waals surface area contributed by atoms with Crippen molar-refractivity contribution in [2.75, 3.05) is 122 Å². The molecule has 10 unspecified atom stereocenters. The van der Waals surface area contributed by atoms with Crippen molar-refractivity contribution in [2.45, 2.75) is 203 Å². The largest absolute Gasteiger partial charge is 0.481 e. The number of likely N-dealkylation sites (N-methyl/N-ethyl adjacent to an activating group) is 7. The Hall–Kier alpha value is -8.66. The summed E-state index contributed by atoms with van der Waals surface area (Å²) in [5.74, 6) is -14.9. The highest BCUT2D eigenvalue weighted by Crippen LogP contribution is 2.23. The van der Waals surface area contributed by atoms with E-state index in [0.717, 1.165) is 14.7 Å². The van der Waals surface area contributed by atoms with Crippen molar-refractivity contribution in [2.24, 2.45) is 47.2 Å². The topological polar surface area (TPSA) is 442 Å². The summed E-state index contributed by atoms with van der Waals surface area (Å²) in [6.07, 6.45) is 3.46. The molecule has 0 aromatic heterocycles. The van der Waals surface area contributed by atoms with Crippen LogP contribution in [0, 0.1) is 41.4 Å². The molecule has 0 radical (unpaired) electrons. The lowest BCUT2D eigenvalue weighted by Crippen LogP contribution is -2.61. The first-order chi connectivity index (χ1) is 50.4. The van der Waals surface area contributed by atoms with Gasteiger partial charge in [0.05, 0.1) is 58.6 Å². The number of Topliss-reactive ketones (excluding diaryl/α,β-unsaturated/α-hetero) is 1. The molecule has 0 spiro atoms. The Labute approximate surface area is 637 Å². The van der Waals surface area contributed by atoms with Crippen LogP contribution in [-0.4, -0.2) is 304 Å². The van der Waals surface area contributed by atoms with E-state index in [0.29, 0.717) is 6.42 Å². The van der Waals surface area contributed by atoms with E-state index in [1.54, 1.807) is 13.8 Å². The van der Waals surface area contributed by atoms with E-state index in [-0.39, 0.29) is 120 Å². The Morgan fingerprint density at radius 1 is 0.519 bits per heavy atom. The average molecular weight is 1530 g/mol. The Bertz CT molecular complexity index is 3060. The third kappa shape index (κ3) is 34.7. The molecule has 614 valence electrons. The number of primary amides is 1. The van der Waals surface area contributed by atoms with E-state index in [4.69, 9.17) is 25.1 Å². The van der Waals surface area contributed by atoms with Gasteiger partial charge in [0.25, 0.3) is 0 Å². The Balaban J connectivity index is 3.85. The van der Waals surface area contributed by atoms with Gasteiger partial charge in [0.15, 0.2) is 0 Å². The van der Waals surface area contributed by atoms with Crippen LogP contribution >= 0.6 is 0 Å². The Morgan fingerprint density at radius 2 is 0.981 bits per heavy atom. The van der Waals surface area contributed by atoms with Gasteiger partial charge in [-0.25, -0.2) is 0 Å². The molecule has 1 heterocycles. The van der Waals surface area contributed by atoms with Crippen LogP contribution in [-0.2, 0) is 90.9 Å². The van der Waals surface area contributed by atoms with Crippen LogP contribution in [0.2, 0.25) is 0 Å². The lowest BCUT2D eigenvalue weighted by atomic mass is 9.94. The summed E-state index contributed by atoms with van der Waals surface area (Å²) >= 11 is 0. The highest BCUT2D eigenvalue weighted by molar-refractivity contribution is 6.02. The zero-order valence-corrected chi connectivity index (χ0v) is 67.6. The number of ketones is 1. The van der Waals surface area contributed by atoms with Crippen molar-refractivity contribution in [3.8, 4) is 0 Å². The van der Waals surface area contributed by atoms with E-state index in [1.807, 2.05) is 81.4 Å². The first-order valence-corrected chi connectivity index (χ1v) is 37.3. The van der Waals surface area contributed by atoms with Crippen molar-refractivity contribution in [3.63, 3.8) is 0 Å². The van der Waals surface area contributed by atoms with Crippen LogP contribution in [0.25, 0.3) is 0 Å². The minimum atomic E-state index is -1.65. The monoisotopic (exact) mass is 1530 g/mol. The van der Waals surface area contributed by atoms with Gasteiger partial charge < -0.3 is 91.3 Å². The van der Waals surface area contributed by atoms with Crippen molar-refractivity contribution in [3.05, 3.63) is 12.2 Å². The molecule has 0 aromatic rings. The standard InChI is InChI=1S/C74H128N14O20/c1-21-22-23-49(12)38-55-68(99)78-39-61(92)82(14)40-62(93)84(16)53(34-44(2)3)70(101)81-65(48(10)11)74(105)86(18)54(35-45(4)5)69(100)79-50(13)67(98)80-52(71(102)87(19)57(37-47(8)9)73(104)88(20)56(36-46(6)7)72(103)83(15)41-63(94)85(55)17)42-108-43-60(91)77-29-31-107-33-32-106-30-28-76-59(90)26-25-58(89)51(66(75)97)24-27-64(95)96/h21-22,44-57,65H,23-43H2,1-20H3,(H2,75,97)(H,76,90)(H,77,91)(H,78,99)(H,79,100)(H,80,98)(H,81,101)(H,95,96). The predicted molar refractivity (Wildman–Crippen MR) is 401 cm³/mol. The number of carbonyl (C=O) groups is 16. The summed E-state index contributed by atoms with van der Waals surface area (Å²) in [7, 11) is 9.66. The second-order valence-electron chi connectivity index (χ2n) is 30.1. The van der Waals surface area contributed by atoms with Crippen molar-refractivity contribution in [1.29, 1.82) is 0 Å². The fraction of sp³-hybridized carbons (Fsp3) is 0.757. The maximum absolute atomic E-state index is 15.2. The zero-order chi connectivity index (χ0) is 82.6. The summed E-state index contributed by atoms with van der Waals surface area (Å²) in [6, 6.07) is -10.4. The zero-order valence-electron chi connectivity index (χ0n) is 67.6. The van der Waals surface area contributed by atoms with Crippen LogP contribution in [0.3, 0.4) is 0 Å². The van der Waals surface area contributed by atoms with Gasteiger partial charge in [-0.15, -0.1) is 0 Å². The number of aliphatic carboxylic acids is 1. The summed E-state index contributed by atoms with van der Waals surface area (Å²) in [5.41, 5.74) is 5.24. The molecule has 14 amide bonds. The summed E-state index contributed by atoms with van der Waals surface area (Å²) < 4.78 is 16.8. The van der Waals surface area contributed by atoms with Crippen molar-refractivity contribution < 1.29 is 96.0 Å². The SMILES string of the molecule is CC=CCC(C)CC1C(=O)NCC(=O)N(C)CC(=O)N(C)C(CC(C)C)C(=O)NC(C(C)C)C(=O)N(C)C(CC(C)C)C(=O)NC(C)C(=O)NC(COCC(=O)NCCOCCOCCNC(=O)CCC(=O)C(CCC(=O)O)C(N)=O)C(=O)N(C)C(CC(C)C)C(=O)N(C)C(CC(C)C)C(=O)N(C)CC(=O)N1C. The maximum Gasteiger partial charge on any atom is 0.303 e. The number of carboxylic acid groups (broad SMARTS) is 1. The average Bonchev–Trinajstić information content (AvgIpc) is 0.820. The van der Waals surface area contributed by atoms with Crippen LogP contribution < -0.4 is 37.6 Å². The number of allylic oxidation sites excluding steroid dienone is 2. The number of carbonyl (C=O) groups excluding carboxylic acids is 15. The van der Waals surface area contributed by atoms with Gasteiger partial charge >= 0.3 is 5.97 Å². The second kappa shape index (κ2) is 49.4. The van der Waals surface area contributed by atoms with E-state index in [9.17, 15) is 67.1 Å². The molecule has 10 atom stereocenters. The minimum absolute atomic E-state index is 0.0105. The first kappa shape index (κ1) is 97.4. The van der Waals surface area contributed by atoms with E-state index in [1.165, 1.54) is 75.9 Å². The molecule has 1 aliphatic heterocycles. The predicted octanol–water partition coefficient (Wildman–Crippen LogP) is 0.0729. The molecule has 0 aromatic carbocycles. The van der Waals surface area contributed by atoms with Gasteiger partial charge in [-0.3, -0.25) is 76.7 Å². The van der Waals surface area contributed by atoms with Crippen molar-refractivity contribution >= 4 is 94.5 Å². The van der Waals surface area contributed by atoms with Gasteiger partial charge in [0.1, 0.15) is 60.7 Å². The summed E-state index contributed by atoms with van der Waals surface area (Å²) in [4.78, 5) is 229. The normalized spacial score (nSPS) is 22.0. The lowest BCUT2D eigenvalue weighted by Gasteiger charge is -2.38. The molecule has 34 nitrogen and oxygen atoms in total. The molecule has 1 aliphatic rings. The third-order valence-electron chi connectivity index (χ3n) is 18.4. The second-order valence-corrected chi connectivity index (χ2v) is 30.1. The van der Waals surface area contributed by atoms with Crippen LogP contribution in [0.4, 0.5) is 0 Å². The van der Waals surface area contributed by atoms with Gasteiger partial charge in [0.2, 0.25) is 82.7 Å². The number of hydrogen-bond acceptors (Lipinski definition) is 19. The number of rotatable bonds is 34. The molecule has 1 saturated heterocycles. The molecular weight excluding hydrogens is 1400 g/mol. The summed E-state index contributed by atoms with van der Waals surface area (Å²) in [6.45, 7) is 20.4. The van der Waals surface area contributed by atoms with Gasteiger partial charge in [-0.05, 0) is 94.3 Å². The first-order valence-electron chi connectivity index (χ1n) is 37.3. The van der Waals surface area contributed by atoms with E-state index >= 15 is 9.59 Å². The molecular formula is C74H128N14O20. The highest BCUT2D eigenvalue weighted by Gasteiger charge is 2.42. The molecule has 1 fully saturated rings. The van der Waals surface area contributed by atoms with Crippen LogP contribution in [0.5, 0.6) is 0 Å². The molecule has 0 bridgehead atoms. The number of amides is 14. The maximum atomic E-state index is 15.2. The quantitative estimate of drug-likeness (QED) is 0.0240. The van der Waals surface area contributed by atoms with Gasteiger partial charge in [0, 0.05) is 81.7 Å². The fourth-order valence-electron chi connectivity index (χ4n) is 11.8. The smallest absolute Gasteiger partial charge is 0.303 e. The van der Waals surface area contributed by atoms with Crippen LogP contribution in [0.1, 0.15) is 154 Å². The minimum Gasteiger partial charge on any atom is -0.481 e. The number of nitrogens with one attached hydrogen (secondary N) is 6. The number of nitrogens with zero attached hydrogens (tertiary/aromatic N) is 7. The molecule has 9 N–H and O–H groups in total. The molecule has 0 aliphatic carbocycles. The Morgan fingerprint density at radius 3 is 1.48 bits per heavy atom. The third-order valence-corrected chi connectivity index (χ3v) is 18.4. The number of hydrogen-bond donors (Lipinski definition) is 8. The number of nitrogens with two attached hydrogens (primary N) is 1. The molecule has 108 heavy (non-hydrogen) atoms. The van der Waals surface area contributed by atoms with Crippen LogP contribution in [0.15, 0.2) is 12.2 Å². The number of ether oxygens (including phenoxy) is 3. The van der Waals surface area contributed by atoms with Crippen molar-refractivity contribution in [1.82, 2.24) is 66.2 Å². The van der Waals surface area contributed by atoms with Gasteiger partial charge in [-0.1, -0.05) is 88.3 Å². The summed E-state index contributed by atoms with van der Waals surface area (Å²) in [5, 5.41) is 24.9. The molecule has 0 saturated carbocycles. The highest BCUT2D eigenvalue weighted by atomic mass is 16.5. The van der Waals surface area contributed by atoms with Gasteiger partial charge in [-0.2, -0.15) is 0 Å². The molecule has 1 rings (SSSR count).